The summed E-state index contributed by atoms with van der Waals surface area (Å²) in [5, 5.41) is 8.19. The number of benzene rings is 2. The second-order valence-electron chi connectivity index (χ2n) is 7.83. The van der Waals surface area contributed by atoms with E-state index in [2.05, 4.69) is 14.9 Å². The van der Waals surface area contributed by atoms with E-state index in [4.69, 9.17) is 4.74 Å². The summed E-state index contributed by atoms with van der Waals surface area (Å²) in [6.07, 6.45) is 0. The van der Waals surface area contributed by atoms with Crippen molar-refractivity contribution in [2.75, 3.05) is 12.0 Å². The maximum absolute atomic E-state index is 14.9. The van der Waals surface area contributed by atoms with Gasteiger partial charge in [-0.3, -0.25) is 14.5 Å². The topological polar surface area (TPSA) is 84.4 Å². The quantitative estimate of drug-likeness (QED) is 0.624. The van der Waals surface area contributed by atoms with E-state index in [9.17, 15) is 14.0 Å². The van der Waals surface area contributed by atoms with Crippen LogP contribution in [0.4, 0.5) is 10.1 Å². The van der Waals surface area contributed by atoms with Crippen LogP contribution >= 0.6 is 11.5 Å². The molecule has 1 atom stereocenters. The number of aromatic nitrogens is 2. The zero-order valence-electron chi connectivity index (χ0n) is 17.6. The Balaban J connectivity index is 2.19. The van der Waals surface area contributed by atoms with Gasteiger partial charge < -0.3 is 10.1 Å². The summed E-state index contributed by atoms with van der Waals surface area (Å²) in [5.41, 5.74) is -0.100. The molecule has 1 aromatic heterocycles. The molecule has 9 heteroatoms. The summed E-state index contributed by atoms with van der Waals surface area (Å²) in [4.78, 5) is 28.0. The molecule has 2 amide bonds. The lowest BCUT2D eigenvalue weighted by Crippen LogP contribution is -2.49. The maximum atomic E-state index is 14.9. The van der Waals surface area contributed by atoms with E-state index >= 15 is 0 Å². The van der Waals surface area contributed by atoms with Crippen molar-refractivity contribution >= 4 is 29.0 Å². The van der Waals surface area contributed by atoms with Gasteiger partial charge >= 0.3 is 0 Å². The fourth-order valence-electron chi connectivity index (χ4n) is 3.04. The number of methoxy groups -OCH3 is 1. The average Bonchev–Trinajstić information content (AvgIpc) is 3.26. The fourth-order valence-corrected chi connectivity index (χ4v) is 3.47. The van der Waals surface area contributed by atoms with Crippen molar-refractivity contribution in [2.45, 2.75) is 32.4 Å². The highest BCUT2D eigenvalue weighted by Gasteiger charge is 2.37. The van der Waals surface area contributed by atoms with Crippen molar-refractivity contribution in [1.82, 2.24) is 14.9 Å². The lowest BCUT2D eigenvalue weighted by Gasteiger charge is -2.33. The number of nitrogens with zero attached hydrogens (tertiary/aromatic N) is 3. The van der Waals surface area contributed by atoms with Gasteiger partial charge in [0, 0.05) is 10.9 Å². The minimum atomic E-state index is -1.16. The number of nitrogens with one attached hydrogen (secondary N) is 1. The van der Waals surface area contributed by atoms with E-state index in [0.717, 1.165) is 16.4 Å². The van der Waals surface area contributed by atoms with Gasteiger partial charge in [-0.25, -0.2) is 4.39 Å². The van der Waals surface area contributed by atoms with E-state index in [1.807, 2.05) is 20.8 Å². The number of anilines is 1. The smallest absolute Gasteiger partial charge is 0.280 e. The van der Waals surface area contributed by atoms with Crippen LogP contribution in [0, 0.1) is 5.82 Å². The third-order valence-electron chi connectivity index (χ3n) is 4.35. The highest BCUT2D eigenvalue weighted by molar-refractivity contribution is 7.03. The number of hydrogen-bond acceptors (Lipinski definition) is 6. The van der Waals surface area contributed by atoms with Gasteiger partial charge in [0.05, 0.1) is 12.8 Å². The minimum absolute atomic E-state index is 0.0234. The first-order valence-electron chi connectivity index (χ1n) is 9.52. The monoisotopic (exact) mass is 442 g/mol. The summed E-state index contributed by atoms with van der Waals surface area (Å²) in [5.74, 6) is -1.14. The molecule has 0 aliphatic rings. The van der Waals surface area contributed by atoms with E-state index < -0.39 is 29.2 Å². The van der Waals surface area contributed by atoms with Crippen LogP contribution < -0.4 is 15.0 Å². The van der Waals surface area contributed by atoms with Crippen LogP contribution in [-0.2, 0) is 4.79 Å². The Kier molecular flexibility index (Phi) is 6.65. The van der Waals surface area contributed by atoms with Crippen molar-refractivity contribution in [3.05, 3.63) is 71.0 Å². The number of para-hydroxylation sites is 1. The Bertz CT molecular complexity index is 1050. The normalized spacial score (nSPS) is 12.2. The van der Waals surface area contributed by atoms with Crippen LogP contribution in [-0.4, -0.2) is 34.1 Å². The second kappa shape index (κ2) is 9.22. The van der Waals surface area contributed by atoms with Gasteiger partial charge in [-0.15, -0.1) is 5.10 Å². The molecule has 0 saturated heterocycles. The fraction of sp³-hybridized carbons (Fsp3) is 0.273. The summed E-state index contributed by atoms with van der Waals surface area (Å²) in [7, 11) is 1.53. The van der Waals surface area contributed by atoms with Crippen LogP contribution in [0.2, 0.25) is 0 Å². The van der Waals surface area contributed by atoms with E-state index in [1.54, 1.807) is 30.3 Å². The van der Waals surface area contributed by atoms with Crippen molar-refractivity contribution in [3.8, 4) is 5.75 Å². The maximum Gasteiger partial charge on any atom is 0.280 e. The number of carbonyl (C=O) groups is 2. The molecule has 2 aromatic carbocycles. The molecular weight excluding hydrogens is 419 g/mol. The summed E-state index contributed by atoms with van der Waals surface area (Å²) in [6.45, 7) is 5.49. The van der Waals surface area contributed by atoms with Crippen molar-refractivity contribution in [2.24, 2.45) is 0 Å². The Labute approximate surface area is 184 Å². The standard InChI is InChI=1S/C22H23FN4O3S/c1-22(2,3)24-20(28)19(14-9-11-15(30-4)12-10-14)27(18-8-6-5-7-16(18)23)21(29)17-13-31-26-25-17/h5-13,19H,1-4H3,(H,24,28). The third-order valence-corrected chi connectivity index (χ3v) is 4.85. The first-order chi connectivity index (χ1) is 14.7. The molecule has 1 unspecified atom stereocenters. The van der Waals surface area contributed by atoms with Crippen LogP contribution in [0.15, 0.2) is 53.9 Å². The summed E-state index contributed by atoms with van der Waals surface area (Å²) >= 11 is 0.996. The molecule has 0 fully saturated rings. The number of carbonyl (C=O) groups excluding carboxylic acids is 2. The van der Waals surface area contributed by atoms with Crippen molar-refractivity contribution in [3.63, 3.8) is 0 Å². The zero-order valence-corrected chi connectivity index (χ0v) is 18.4. The Morgan fingerprint density at radius 2 is 1.81 bits per heavy atom. The molecule has 1 N–H and O–H groups in total. The number of rotatable bonds is 6. The first kappa shape index (κ1) is 22.4. The molecule has 162 valence electrons. The largest absolute Gasteiger partial charge is 0.497 e. The number of amides is 2. The number of halogens is 1. The second-order valence-corrected chi connectivity index (χ2v) is 8.44. The number of ether oxygens (including phenoxy) is 1. The Morgan fingerprint density at radius 1 is 1.13 bits per heavy atom. The van der Waals surface area contributed by atoms with Crippen LogP contribution in [0.3, 0.4) is 0 Å². The minimum Gasteiger partial charge on any atom is -0.497 e. The molecule has 3 rings (SSSR count). The third kappa shape index (κ3) is 5.24. The van der Waals surface area contributed by atoms with Crippen LogP contribution in [0.25, 0.3) is 0 Å². The van der Waals surface area contributed by atoms with Crippen molar-refractivity contribution in [1.29, 1.82) is 0 Å². The highest BCUT2D eigenvalue weighted by Crippen LogP contribution is 2.32. The van der Waals surface area contributed by atoms with Gasteiger partial charge in [0.25, 0.3) is 5.91 Å². The Hall–Kier alpha value is -3.33. The van der Waals surface area contributed by atoms with Crippen molar-refractivity contribution < 1.29 is 18.7 Å². The van der Waals surface area contributed by atoms with Crippen LogP contribution in [0.1, 0.15) is 42.9 Å². The molecule has 1 heterocycles. The molecule has 0 saturated carbocycles. The lowest BCUT2D eigenvalue weighted by molar-refractivity contribution is -0.123. The SMILES string of the molecule is COc1ccc(C(C(=O)NC(C)(C)C)N(C(=O)c2csnn2)c2ccccc2F)cc1. The predicted molar refractivity (Wildman–Crippen MR) is 117 cm³/mol. The molecular formula is C22H23FN4O3S. The predicted octanol–water partition coefficient (Wildman–Crippen LogP) is 3.99. The van der Waals surface area contributed by atoms with Gasteiger partial charge in [0.1, 0.15) is 17.6 Å². The van der Waals surface area contributed by atoms with E-state index in [-0.39, 0.29) is 11.4 Å². The highest BCUT2D eigenvalue weighted by atomic mass is 32.1. The van der Waals surface area contributed by atoms with Gasteiger partial charge in [-0.05, 0) is 62.1 Å². The number of hydrogen-bond donors (Lipinski definition) is 1. The molecule has 0 radical (unpaired) electrons. The molecule has 3 aromatic rings. The Morgan fingerprint density at radius 3 is 2.35 bits per heavy atom. The first-order valence-corrected chi connectivity index (χ1v) is 10.4. The zero-order chi connectivity index (χ0) is 22.6. The van der Waals surface area contributed by atoms with Gasteiger partial charge in [-0.2, -0.15) is 0 Å². The molecule has 31 heavy (non-hydrogen) atoms. The molecule has 7 nitrogen and oxygen atoms in total. The molecule has 0 aliphatic heterocycles. The lowest BCUT2D eigenvalue weighted by atomic mass is 10.00. The molecule has 0 aliphatic carbocycles. The van der Waals surface area contributed by atoms with Crippen LogP contribution in [0.5, 0.6) is 5.75 Å². The van der Waals surface area contributed by atoms with Gasteiger partial charge in [-0.1, -0.05) is 28.8 Å². The molecule has 0 bridgehead atoms. The molecule has 0 spiro atoms. The summed E-state index contributed by atoms with van der Waals surface area (Å²) in [6, 6.07) is 11.4. The average molecular weight is 443 g/mol. The van der Waals surface area contributed by atoms with E-state index in [0.29, 0.717) is 11.3 Å². The van der Waals surface area contributed by atoms with Gasteiger partial charge in [0.2, 0.25) is 5.91 Å². The summed E-state index contributed by atoms with van der Waals surface area (Å²) < 4.78 is 23.8. The van der Waals surface area contributed by atoms with Gasteiger partial charge in [0.15, 0.2) is 5.69 Å². The van der Waals surface area contributed by atoms with E-state index in [1.165, 1.54) is 30.7 Å².